The van der Waals surface area contributed by atoms with E-state index in [0.29, 0.717) is 25.4 Å². The van der Waals surface area contributed by atoms with Gasteiger partial charge in [-0.05, 0) is 12.3 Å². The van der Waals surface area contributed by atoms with Gasteiger partial charge in [0.05, 0.1) is 0 Å². The van der Waals surface area contributed by atoms with Gasteiger partial charge in [-0.15, -0.1) is 0 Å². The van der Waals surface area contributed by atoms with Crippen molar-refractivity contribution in [3.63, 3.8) is 0 Å². The molecule has 0 atom stereocenters. The van der Waals surface area contributed by atoms with E-state index in [1.54, 1.807) is 0 Å². The van der Waals surface area contributed by atoms with Crippen LogP contribution in [-0.4, -0.2) is 24.9 Å². The van der Waals surface area contributed by atoms with Gasteiger partial charge in [-0.1, -0.05) is 40.5 Å². The summed E-state index contributed by atoms with van der Waals surface area (Å²) in [5.41, 5.74) is 0. The fraction of sp³-hybridized carbons (Fsp3) is 0.857. The quantitative estimate of drug-likeness (QED) is 0.621. The minimum Gasteiger partial charge on any atom is -0.354 e. The number of unbranched alkanes of at least 4 members (excludes halogenated alkanes) is 1. The minimum atomic E-state index is -0.00302. The Labute approximate surface area is 111 Å². The maximum absolute atomic E-state index is 11.4. The van der Waals surface area contributed by atoms with Crippen LogP contribution in [0.5, 0.6) is 0 Å². The van der Waals surface area contributed by atoms with E-state index in [1.165, 1.54) is 6.42 Å². The zero-order valence-corrected chi connectivity index (χ0v) is 12.2. The van der Waals surface area contributed by atoms with Crippen molar-refractivity contribution in [1.29, 1.82) is 0 Å². The van der Waals surface area contributed by atoms with Gasteiger partial charge < -0.3 is 10.6 Å². The van der Waals surface area contributed by atoms with Crippen molar-refractivity contribution in [3.8, 4) is 0 Å². The smallest absolute Gasteiger partial charge is 0.222 e. The van der Waals surface area contributed by atoms with E-state index < -0.39 is 0 Å². The predicted molar refractivity (Wildman–Crippen MR) is 74.2 cm³/mol. The molecule has 0 aliphatic carbocycles. The average Bonchev–Trinajstić information content (AvgIpc) is 2.29. The zero-order chi connectivity index (χ0) is 14.0. The van der Waals surface area contributed by atoms with Crippen LogP contribution in [0.3, 0.4) is 0 Å². The molecule has 0 aromatic heterocycles. The molecular weight excluding hydrogens is 228 g/mol. The third kappa shape index (κ3) is 10.1. The van der Waals surface area contributed by atoms with E-state index in [-0.39, 0.29) is 17.7 Å². The lowest BCUT2D eigenvalue weighted by Crippen LogP contribution is -2.36. The van der Waals surface area contributed by atoms with Gasteiger partial charge in [0, 0.05) is 25.4 Å². The van der Waals surface area contributed by atoms with Crippen LogP contribution in [0.2, 0.25) is 0 Å². The molecule has 2 amide bonds. The standard InChI is InChI=1S/C14H28N2O2/c1-11(2)7-5-6-8-13(17)15-9-10-16-14(18)12(3)4/h11-12H,5-10H2,1-4H3,(H,15,17)(H,16,18). The summed E-state index contributed by atoms with van der Waals surface area (Å²) in [6, 6.07) is 0. The van der Waals surface area contributed by atoms with E-state index >= 15 is 0 Å². The van der Waals surface area contributed by atoms with E-state index in [1.807, 2.05) is 13.8 Å². The number of nitrogens with one attached hydrogen (secondary N) is 2. The van der Waals surface area contributed by atoms with Crippen molar-refractivity contribution in [3.05, 3.63) is 0 Å². The summed E-state index contributed by atoms with van der Waals surface area (Å²) in [4.78, 5) is 22.7. The van der Waals surface area contributed by atoms with Crippen LogP contribution in [-0.2, 0) is 9.59 Å². The molecule has 0 aliphatic rings. The minimum absolute atomic E-state index is 0.00302. The van der Waals surface area contributed by atoms with Crippen molar-refractivity contribution in [1.82, 2.24) is 10.6 Å². The molecule has 0 fully saturated rings. The Balaban J connectivity index is 3.40. The first-order valence-electron chi connectivity index (χ1n) is 6.98. The van der Waals surface area contributed by atoms with Crippen LogP contribution in [0.1, 0.15) is 53.4 Å². The summed E-state index contributed by atoms with van der Waals surface area (Å²) < 4.78 is 0. The number of hydrogen-bond acceptors (Lipinski definition) is 2. The van der Waals surface area contributed by atoms with Crippen molar-refractivity contribution in [2.24, 2.45) is 11.8 Å². The van der Waals surface area contributed by atoms with Crippen molar-refractivity contribution in [2.75, 3.05) is 13.1 Å². The molecule has 0 rings (SSSR count). The second-order valence-corrected chi connectivity index (χ2v) is 5.44. The van der Waals surface area contributed by atoms with Gasteiger partial charge in [0.25, 0.3) is 0 Å². The Bertz CT molecular complexity index is 250. The summed E-state index contributed by atoms with van der Waals surface area (Å²) in [5, 5.41) is 5.58. The fourth-order valence-electron chi connectivity index (χ4n) is 1.52. The maximum atomic E-state index is 11.4. The highest BCUT2D eigenvalue weighted by Crippen LogP contribution is 2.07. The Morgan fingerprint density at radius 2 is 1.56 bits per heavy atom. The van der Waals surface area contributed by atoms with Crippen LogP contribution in [0.15, 0.2) is 0 Å². The summed E-state index contributed by atoms with van der Waals surface area (Å²) in [6.07, 6.45) is 3.82. The van der Waals surface area contributed by atoms with Crippen molar-refractivity contribution < 1.29 is 9.59 Å². The van der Waals surface area contributed by atoms with E-state index in [4.69, 9.17) is 0 Å². The molecule has 0 bridgehead atoms. The summed E-state index contributed by atoms with van der Waals surface area (Å²) in [7, 11) is 0. The molecule has 0 saturated heterocycles. The Kier molecular flexibility index (Phi) is 9.33. The highest BCUT2D eigenvalue weighted by Gasteiger charge is 2.05. The molecule has 18 heavy (non-hydrogen) atoms. The van der Waals surface area contributed by atoms with Gasteiger partial charge in [0.15, 0.2) is 0 Å². The summed E-state index contributed by atoms with van der Waals surface area (Å²) >= 11 is 0. The van der Waals surface area contributed by atoms with Gasteiger partial charge in [-0.25, -0.2) is 0 Å². The molecule has 0 spiro atoms. The molecular formula is C14H28N2O2. The molecule has 106 valence electrons. The molecule has 0 unspecified atom stereocenters. The number of hydrogen-bond donors (Lipinski definition) is 2. The van der Waals surface area contributed by atoms with Gasteiger partial charge in [0.2, 0.25) is 11.8 Å². The third-order valence-electron chi connectivity index (χ3n) is 2.71. The first-order valence-corrected chi connectivity index (χ1v) is 6.98. The van der Waals surface area contributed by atoms with Crippen LogP contribution in [0.4, 0.5) is 0 Å². The first kappa shape index (κ1) is 16.9. The number of carbonyl (C=O) groups excluding carboxylic acids is 2. The highest BCUT2D eigenvalue weighted by atomic mass is 16.2. The topological polar surface area (TPSA) is 58.2 Å². The number of carbonyl (C=O) groups is 2. The lowest BCUT2D eigenvalue weighted by Gasteiger charge is -2.09. The normalized spacial score (nSPS) is 10.8. The van der Waals surface area contributed by atoms with E-state index in [9.17, 15) is 9.59 Å². The van der Waals surface area contributed by atoms with Gasteiger partial charge in [-0.3, -0.25) is 9.59 Å². The molecule has 0 aromatic rings. The van der Waals surface area contributed by atoms with Crippen LogP contribution >= 0.6 is 0 Å². The van der Waals surface area contributed by atoms with Crippen molar-refractivity contribution in [2.45, 2.75) is 53.4 Å². The monoisotopic (exact) mass is 256 g/mol. The molecule has 2 N–H and O–H groups in total. The van der Waals surface area contributed by atoms with Crippen molar-refractivity contribution >= 4 is 11.8 Å². The summed E-state index contributed by atoms with van der Waals surface area (Å²) in [5.74, 6) is 0.815. The second kappa shape index (κ2) is 9.92. The average molecular weight is 256 g/mol. The van der Waals surface area contributed by atoms with Crippen LogP contribution < -0.4 is 10.6 Å². The molecule has 0 saturated carbocycles. The maximum Gasteiger partial charge on any atom is 0.222 e. The lowest BCUT2D eigenvalue weighted by molar-refractivity contribution is -0.124. The molecule has 0 heterocycles. The zero-order valence-electron chi connectivity index (χ0n) is 12.2. The SMILES string of the molecule is CC(C)CCCCC(=O)NCCNC(=O)C(C)C. The molecule has 4 nitrogen and oxygen atoms in total. The highest BCUT2D eigenvalue weighted by molar-refractivity contribution is 5.78. The molecule has 0 aromatic carbocycles. The molecule has 0 radical (unpaired) electrons. The number of amides is 2. The molecule has 0 aliphatic heterocycles. The second-order valence-electron chi connectivity index (χ2n) is 5.44. The first-order chi connectivity index (χ1) is 8.43. The van der Waals surface area contributed by atoms with Gasteiger partial charge in [0.1, 0.15) is 0 Å². The largest absolute Gasteiger partial charge is 0.354 e. The number of rotatable bonds is 9. The van der Waals surface area contributed by atoms with Crippen LogP contribution in [0, 0.1) is 11.8 Å². The van der Waals surface area contributed by atoms with E-state index in [0.717, 1.165) is 12.8 Å². The summed E-state index contributed by atoms with van der Waals surface area (Å²) in [6.45, 7) is 9.11. The lowest BCUT2D eigenvalue weighted by atomic mass is 10.1. The van der Waals surface area contributed by atoms with Gasteiger partial charge >= 0.3 is 0 Å². The van der Waals surface area contributed by atoms with Gasteiger partial charge in [-0.2, -0.15) is 0 Å². The predicted octanol–water partition coefficient (Wildman–Crippen LogP) is 2.09. The third-order valence-corrected chi connectivity index (χ3v) is 2.71. The Hall–Kier alpha value is -1.06. The Morgan fingerprint density at radius 1 is 0.944 bits per heavy atom. The van der Waals surface area contributed by atoms with Crippen LogP contribution in [0.25, 0.3) is 0 Å². The molecule has 4 heteroatoms. The fourth-order valence-corrected chi connectivity index (χ4v) is 1.52. The van der Waals surface area contributed by atoms with E-state index in [2.05, 4.69) is 24.5 Å². The Morgan fingerprint density at radius 3 is 2.11 bits per heavy atom.